The van der Waals surface area contributed by atoms with E-state index in [1.54, 1.807) is 24.1 Å². The molecule has 24 heavy (non-hydrogen) atoms. The summed E-state index contributed by atoms with van der Waals surface area (Å²) in [5.74, 6) is -0.193. The number of carbonyl (C=O) groups excluding carboxylic acids is 2. The van der Waals surface area contributed by atoms with Crippen LogP contribution < -0.4 is 10.2 Å². The van der Waals surface area contributed by atoms with Crippen LogP contribution in [-0.4, -0.2) is 23.4 Å². The van der Waals surface area contributed by atoms with Gasteiger partial charge in [0.05, 0.1) is 5.56 Å². The number of amides is 2. The fraction of sp³-hybridized carbons (Fsp3) is 0.158. The number of carbonyl (C=O) groups is 2. The largest absolute Gasteiger partial charge is 0.350 e. The summed E-state index contributed by atoms with van der Waals surface area (Å²) in [5, 5.41) is 3.65. The number of aryl methyl sites for hydroxylation is 1. The van der Waals surface area contributed by atoms with Gasteiger partial charge in [0.15, 0.2) is 0 Å². The van der Waals surface area contributed by atoms with Crippen molar-refractivity contribution in [3.8, 4) is 0 Å². The molecular weight excluding hydrogens is 302 g/mol. The molecule has 0 aliphatic carbocycles. The van der Waals surface area contributed by atoms with Gasteiger partial charge in [-0.05, 0) is 30.3 Å². The van der Waals surface area contributed by atoms with Crippen LogP contribution in [0.25, 0.3) is 10.9 Å². The molecule has 0 aliphatic heterocycles. The van der Waals surface area contributed by atoms with E-state index < -0.39 is 0 Å². The molecule has 0 fully saturated rings. The molecule has 0 saturated heterocycles. The van der Waals surface area contributed by atoms with Gasteiger partial charge in [-0.1, -0.05) is 18.2 Å². The summed E-state index contributed by atoms with van der Waals surface area (Å²) in [7, 11) is 3.68. The van der Waals surface area contributed by atoms with Gasteiger partial charge in [-0.25, -0.2) is 0 Å². The van der Waals surface area contributed by atoms with E-state index in [9.17, 15) is 9.59 Å². The van der Waals surface area contributed by atoms with E-state index in [0.717, 1.165) is 16.6 Å². The van der Waals surface area contributed by atoms with Gasteiger partial charge in [0, 0.05) is 49.5 Å². The number of anilines is 2. The molecule has 1 N–H and O–H groups in total. The lowest BCUT2D eigenvalue weighted by molar-refractivity contribution is -0.114. The Hall–Kier alpha value is -3.08. The predicted octanol–water partition coefficient (Wildman–Crippen LogP) is 3.41. The van der Waals surface area contributed by atoms with E-state index in [0.29, 0.717) is 11.3 Å². The van der Waals surface area contributed by atoms with Crippen molar-refractivity contribution >= 4 is 34.1 Å². The van der Waals surface area contributed by atoms with Gasteiger partial charge in [0.25, 0.3) is 5.91 Å². The molecule has 2 aromatic carbocycles. The van der Waals surface area contributed by atoms with E-state index in [2.05, 4.69) is 5.32 Å². The molecule has 0 bridgehead atoms. The van der Waals surface area contributed by atoms with E-state index in [1.165, 1.54) is 6.92 Å². The zero-order valence-electron chi connectivity index (χ0n) is 13.9. The third kappa shape index (κ3) is 2.88. The van der Waals surface area contributed by atoms with Crippen molar-refractivity contribution in [1.29, 1.82) is 0 Å². The Morgan fingerprint density at radius 3 is 2.38 bits per heavy atom. The summed E-state index contributed by atoms with van der Waals surface area (Å²) < 4.78 is 1.95. The maximum atomic E-state index is 12.9. The van der Waals surface area contributed by atoms with E-state index in [1.807, 2.05) is 54.2 Å². The van der Waals surface area contributed by atoms with Crippen LogP contribution in [0.2, 0.25) is 0 Å². The van der Waals surface area contributed by atoms with Gasteiger partial charge in [-0.2, -0.15) is 0 Å². The average Bonchev–Trinajstić information content (AvgIpc) is 2.91. The molecule has 0 atom stereocenters. The normalized spacial score (nSPS) is 10.6. The first-order valence-electron chi connectivity index (χ1n) is 7.67. The van der Waals surface area contributed by atoms with Crippen LogP contribution in [0, 0.1) is 0 Å². The minimum atomic E-state index is -0.122. The Labute approximate surface area is 140 Å². The quantitative estimate of drug-likeness (QED) is 0.803. The second-order valence-electron chi connectivity index (χ2n) is 5.76. The Morgan fingerprint density at radius 2 is 1.71 bits per heavy atom. The molecule has 0 unspecified atom stereocenters. The van der Waals surface area contributed by atoms with Gasteiger partial charge in [-0.3, -0.25) is 9.59 Å². The standard InChI is InChI=1S/C19H19N3O2/c1-13(23)20-14-8-10-15(11-9-14)22(3)19(24)17-12-21(2)18-7-5-4-6-16(17)18/h4-12H,1-3H3,(H,20,23). The zero-order chi connectivity index (χ0) is 17.3. The van der Waals surface area contributed by atoms with E-state index >= 15 is 0 Å². The van der Waals surface area contributed by atoms with Crippen LogP contribution in [-0.2, 0) is 11.8 Å². The Morgan fingerprint density at radius 1 is 1.04 bits per heavy atom. The molecule has 1 heterocycles. The molecule has 5 heteroatoms. The van der Waals surface area contributed by atoms with Crippen molar-refractivity contribution in [1.82, 2.24) is 4.57 Å². The van der Waals surface area contributed by atoms with Crippen LogP contribution in [0.1, 0.15) is 17.3 Å². The topological polar surface area (TPSA) is 54.3 Å². The lowest BCUT2D eigenvalue weighted by Crippen LogP contribution is -2.26. The molecule has 0 aliphatic rings. The number of fused-ring (bicyclic) bond motifs is 1. The third-order valence-electron chi connectivity index (χ3n) is 4.01. The lowest BCUT2D eigenvalue weighted by atomic mass is 10.1. The van der Waals surface area contributed by atoms with E-state index in [-0.39, 0.29) is 11.8 Å². The fourth-order valence-electron chi connectivity index (χ4n) is 2.78. The maximum absolute atomic E-state index is 12.9. The maximum Gasteiger partial charge on any atom is 0.260 e. The van der Waals surface area contributed by atoms with Gasteiger partial charge < -0.3 is 14.8 Å². The van der Waals surface area contributed by atoms with Crippen LogP contribution >= 0.6 is 0 Å². The number of nitrogens with zero attached hydrogens (tertiary/aromatic N) is 2. The van der Waals surface area contributed by atoms with Crippen LogP contribution in [0.3, 0.4) is 0 Å². The zero-order valence-corrected chi connectivity index (χ0v) is 13.9. The first-order chi connectivity index (χ1) is 11.5. The summed E-state index contributed by atoms with van der Waals surface area (Å²) in [5.41, 5.74) is 3.16. The van der Waals surface area contributed by atoms with Gasteiger partial charge >= 0.3 is 0 Å². The van der Waals surface area contributed by atoms with Crippen molar-refractivity contribution in [2.45, 2.75) is 6.92 Å². The second kappa shape index (κ2) is 6.20. The minimum Gasteiger partial charge on any atom is -0.350 e. The molecule has 1 aromatic heterocycles. The number of aromatic nitrogens is 1. The Bertz CT molecular complexity index is 910. The highest BCUT2D eigenvalue weighted by atomic mass is 16.2. The van der Waals surface area contributed by atoms with Crippen LogP contribution in [0.4, 0.5) is 11.4 Å². The second-order valence-corrected chi connectivity index (χ2v) is 5.76. The summed E-state index contributed by atoms with van der Waals surface area (Å²) in [6.07, 6.45) is 1.86. The minimum absolute atomic E-state index is 0.0703. The van der Waals surface area contributed by atoms with E-state index in [4.69, 9.17) is 0 Å². The van der Waals surface area contributed by atoms with Crippen molar-refractivity contribution in [3.63, 3.8) is 0 Å². The number of benzene rings is 2. The molecule has 0 radical (unpaired) electrons. The molecule has 122 valence electrons. The third-order valence-corrected chi connectivity index (χ3v) is 4.01. The number of para-hydroxylation sites is 1. The molecule has 3 rings (SSSR count). The number of hydrogen-bond donors (Lipinski definition) is 1. The number of nitrogens with one attached hydrogen (secondary N) is 1. The summed E-state index contributed by atoms with van der Waals surface area (Å²) in [6, 6.07) is 15.0. The Kier molecular flexibility index (Phi) is 4.08. The Balaban J connectivity index is 1.90. The molecular formula is C19H19N3O2. The van der Waals surface area contributed by atoms with Crippen molar-refractivity contribution in [2.75, 3.05) is 17.3 Å². The number of hydrogen-bond acceptors (Lipinski definition) is 2. The summed E-state index contributed by atoms with van der Waals surface area (Å²) in [6.45, 7) is 1.46. The molecule has 0 saturated carbocycles. The molecule has 5 nitrogen and oxygen atoms in total. The van der Waals surface area contributed by atoms with Crippen molar-refractivity contribution in [3.05, 3.63) is 60.3 Å². The summed E-state index contributed by atoms with van der Waals surface area (Å²) in [4.78, 5) is 25.6. The average molecular weight is 321 g/mol. The monoisotopic (exact) mass is 321 g/mol. The fourth-order valence-corrected chi connectivity index (χ4v) is 2.78. The van der Waals surface area contributed by atoms with Crippen LogP contribution in [0.15, 0.2) is 54.7 Å². The highest BCUT2D eigenvalue weighted by Crippen LogP contribution is 2.24. The van der Waals surface area contributed by atoms with Gasteiger partial charge in [0.2, 0.25) is 5.91 Å². The highest BCUT2D eigenvalue weighted by molar-refractivity contribution is 6.14. The van der Waals surface area contributed by atoms with Crippen molar-refractivity contribution in [2.24, 2.45) is 7.05 Å². The molecule has 3 aromatic rings. The number of rotatable bonds is 3. The smallest absolute Gasteiger partial charge is 0.260 e. The summed E-state index contributed by atoms with van der Waals surface area (Å²) >= 11 is 0. The van der Waals surface area contributed by atoms with Gasteiger partial charge in [0.1, 0.15) is 0 Å². The molecule has 2 amide bonds. The van der Waals surface area contributed by atoms with Crippen LogP contribution in [0.5, 0.6) is 0 Å². The molecule has 0 spiro atoms. The predicted molar refractivity (Wildman–Crippen MR) is 96.4 cm³/mol. The first-order valence-corrected chi connectivity index (χ1v) is 7.67. The van der Waals surface area contributed by atoms with Gasteiger partial charge in [-0.15, -0.1) is 0 Å². The van der Waals surface area contributed by atoms with Crippen molar-refractivity contribution < 1.29 is 9.59 Å². The highest BCUT2D eigenvalue weighted by Gasteiger charge is 2.18. The SMILES string of the molecule is CC(=O)Nc1ccc(N(C)C(=O)c2cn(C)c3ccccc23)cc1. The lowest BCUT2D eigenvalue weighted by Gasteiger charge is -2.17. The first kappa shape index (κ1) is 15.8.